The average Bonchev–Trinajstić information content (AvgIpc) is 1.17. The number of ether oxygens (including phenoxy) is 1. The molecule has 12 rings (SSSR count). The molecule has 0 atom stereocenters. The van der Waals surface area contributed by atoms with Crippen LogP contribution in [0.15, 0.2) is 238 Å². The number of rotatable bonds is 28. The van der Waals surface area contributed by atoms with Crippen molar-refractivity contribution >= 4 is 62.8 Å². The van der Waals surface area contributed by atoms with Gasteiger partial charge in [-0.05, 0) is 178 Å². The number of aromatic hydroxyl groups is 1. The van der Waals surface area contributed by atoms with E-state index in [9.17, 15) is 78.3 Å². The Balaban J connectivity index is 0.000000174. The summed E-state index contributed by atoms with van der Waals surface area (Å²) in [6, 6.07) is 42.8. The van der Waals surface area contributed by atoms with Crippen molar-refractivity contribution in [2.45, 2.75) is 124 Å². The number of phenolic OH excluding ortho intramolecular Hbond substituents is 1. The van der Waals surface area contributed by atoms with Crippen LogP contribution in [0, 0.1) is 5.92 Å². The van der Waals surface area contributed by atoms with Crippen LogP contribution in [0.5, 0.6) is 5.75 Å². The van der Waals surface area contributed by atoms with E-state index in [1.54, 1.807) is 66.8 Å². The summed E-state index contributed by atoms with van der Waals surface area (Å²) < 4.78 is 238. The number of unbranched alkanes of at least 4 members (excludes halogenated alkanes) is 2. The van der Waals surface area contributed by atoms with Gasteiger partial charge in [0.15, 0.2) is 0 Å². The third-order valence-electron chi connectivity index (χ3n) is 16.5. The van der Waals surface area contributed by atoms with Gasteiger partial charge >= 0.3 is 18.5 Å². The highest BCUT2D eigenvalue weighted by molar-refractivity contribution is 7.93. The van der Waals surface area contributed by atoms with Crippen LogP contribution in [0.3, 0.4) is 0 Å². The number of hydrogen-bond acceptors (Lipinski definition) is 18. The minimum Gasteiger partial charge on any atom is -0.506 e. The van der Waals surface area contributed by atoms with Crippen LogP contribution in [0.4, 0.5) is 62.3 Å². The Labute approximate surface area is 651 Å². The van der Waals surface area contributed by atoms with Crippen LogP contribution in [0.25, 0.3) is 22.7 Å². The van der Waals surface area contributed by atoms with Crippen LogP contribution in [-0.4, -0.2) is 112 Å². The highest BCUT2D eigenvalue weighted by Crippen LogP contribution is 2.39. The third-order valence-corrected chi connectivity index (χ3v) is 22.0. The molecule has 0 spiro atoms. The number of halogens is 9. The lowest BCUT2D eigenvalue weighted by atomic mass is 10.1. The molecular formula is C75H77F9N16O10S4. The fraction of sp³-hybridized carbons (Fsp3) is 0.253. The van der Waals surface area contributed by atoms with Crippen LogP contribution in [0.2, 0.25) is 0 Å². The molecule has 0 radical (unpaired) electrons. The summed E-state index contributed by atoms with van der Waals surface area (Å²) in [4.78, 5) is -0.461. The summed E-state index contributed by atoms with van der Waals surface area (Å²) in [6.45, 7) is 8.85. The second kappa shape index (κ2) is 37.9. The first-order valence-corrected chi connectivity index (χ1v) is 40.8. The van der Waals surface area contributed by atoms with Gasteiger partial charge in [0, 0.05) is 13.5 Å². The molecule has 604 valence electrons. The van der Waals surface area contributed by atoms with Gasteiger partial charge in [-0.1, -0.05) is 122 Å². The highest BCUT2D eigenvalue weighted by atomic mass is 32.2. The van der Waals surface area contributed by atoms with Gasteiger partial charge in [-0.15, -0.1) is 20.4 Å². The monoisotopic (exact) mass is 1660 g/mol. The highest BCUT2D eigenvalue weighted by Gasteiger charge is 2.37. The van der Waals surface area contributed by atoms with Crippen LogP contribution < -0.4 is 18.9 Å². The minimum absolute atomic E-state index is 0.0934. The van der Waals surface area contributed by atoms with Crippen molar-refractivity contribution in [3.05, 3.63) is 258 Å². The molecular weight excluding hydrogens is 1580 g/mol. The van der Waals surface area contributed by atoms with Crippen molar-refractivity contribution in [1.82, 2.24) is 60.0 Å². The standard InChI is InChI=1S/C20H21F3N4O2S.C19H19F3N4O2S.C18H17F3N4O3S.C18H20N4O3S/c1-14(2)10-11-15-13-27(26-24-15)16-6-5-7-17(12-16)30(28,29)25-19-9-4-3-8-18(19)20(21,22)23;1-2-3-6-14-13-26(25-23-14)15-9-11-16(12-10-15)29(27,28)24-18-8-5-4-7-17(18)19(20,21)22;1-28-10-9-13-12-25(24-22-13)14-5-4-6-15(11-14)29(26,27)23-17-8-3-2-7-16(17)18(19,20)21;1-2-3-6-14-13-22(21-19-14)15-9-11-16(12-10-15)26(24,25)20-17-7-4-5-8-18(17)23/h3-9,12-14,25H,10-11H2,1-2H3;4-5,7-13,24H,2-3,6H2,1H3;2-8,11-12,23H,9-10H2,1H3;4-5,7-13,20,23H,2-3,6H2,1H3. The number of phenols is 1. The lowest BCUT2D eigenvalue weighted by Gasteiger charge is -2.15. The Hall–Kier alpha value is -11.6. The van der Waals surface area contributed by atoms with E-state index < -0.39 is 92.4 Å². The van der Waals surface area contributed by atoms with E-state index in [4.69, 9.17) is 4.74 Å². The van der Waals surface area contributed by atoms with Gasteiger partial charge in [0.25, 0.3) is 40.1 Å². The first-order valence-electron chi connectivity index (χ1n) is 34.9. The molecule has 114 heavy (non-hydrogen) atoms. The predicted octanol–water partition coefficient (Wildman–Crippen LogP) is 15.5. The summed E-state index contributed by atoms with van der Waals surface area (Å²) in [5.41, 5.74) is 0.645. The van der Waals surface area contributed by atoms with E-state index >= 15 is 0 Å². The van der Waals surface area contributed by atoms with Crippen molar-refractivity contribution in [3.8, 4) is 28.5 Å². The molecule has 0 unspecified atom stereocenters. The molecule has 5 N–H and O–H groups in total. The number of hydrogen-bond donors (Lipinski definition) is 5. The number of nitrogens with zero attached hydrogens (tertiary/aromatic N) is 12. The normalized spacial score (nSPS) is 12.0. The SMILES string of the molecule is CC(C)CCc1cn(-c2cccc(S(=O)(=O)Nc3ccccc3C(F)(F)F)c2)nn1.CCCCc1cn(-c2ccc(S(=O)(=O)Nc3ccccc3C(F)(F)F)cc2)nn1.CCCCc1cn(-c2ccc(S(=O)(=O)Nc3ccccc3O)cc2)nn1.COCCc1cn(-c2cccc(S(=O)(=O)Nc3ccccc3C(F)(F)F)c2)nn1. The number of aryl methyl sites for hydroxylation is 3. The molecule has 26 nitrogen and oxygen atoms in total. The van der Waals surface area contributed by atoms with Crippen LogP contribution >= 0.6 is 0 Å². The molecule has 0 aliphatic rings. The Kier molecular flexibility index (Phi) is 28.7. The van der Waals surface area contributed by atoms with E-state index in [0.717, 1.165) is 111 Å². The second-order valence-corrected chi connectivity index (χ2v) is 32.3. The first-order chi connectivity index (χ1) is 54.0. The molecule has 0 bridgehead atoms. The first kappa shape index (κ1) is 86.4. The summed E-state index contributed by atoms with van der Waals surface area (Å²) in [5.74, 6) is 0.379. The zero-order valence-electron chi connectivity index (χ0n) is 61.5. The maximum absolute atomic E-state index is 13.2. The van der Waals surface area contributed by atoms with E-state index in [2.05, 4.69) is 73.7 Å². The van der Waals surface area contributed by atoms with Crippen molar-refractivity contribution in [2.24, 2.45) is 5.92 Å². The van der Waals surface area contributed by atoms with E-state index in [-0.39, 0.29) is 31.0 Å². The Morgan fingerprint density at radius 1 is 0.377 bits per heavy atom. The predicted molar refractivity (Wildman–Crippen MR) is 407 cm³/mol. The molecule has 12 aromatic rings. The number of sulfonamides is 4. The van der Waals surface area contributed by atoms with Crippen molar-refractivity contribution in [1.29, 1.82) is 0 Å². The fourth-order valence-corrected chi connectivity index (χ4v) is 14.9. The topological polar surface area (TPSA) is 337 Å². The molecule has 0 amide bonds. The molecule has 0 fully saturated rings. The van der Waals surface area contributed by atoms with Crippen LogP contribution in [-0.2, 0) is 89.0 Å². The van der Waals surface area contributed by atoms with Gasteiger partial charge in [-0.2, -0.15) is 39.5 Å². The average molecular weight is 1660 g/mol. The molecule has 0 aliphatic heterocycles. The lowest BCUT2D eigenvalue weighted by Crippen LogP contribution is -2.17. The quantitative estimate of drug-likeness (QED) is 0.0225. The lowest BCUT2D eigenvalue weighted by molar-refractivity contribution is -0.137. The van der Waals surface area contributed by atoms with Crippen LogP contribution in [0.1, 0.15) is 99.3 Å². The smallest absolute Gasteiger partial charge is 0.418 e. The van der Waals surface area contributed by atoms with Gasteiger partial charge in [0.05, 0.1) is 136 Å². The second-order valence-electron chi connectivity index (χ2n) is 25.6. The van der Waals surface area contributed by atoms with E-state index in [1.807, 2.05) is 20.4 Å². The summed E-state index contributed by atoms with van der Waals surface area (Å²) in [5, 5.41) is 42.0. The Morgan fingerprint density at radius 2 is 0.684 bits per heavy atom. The van der Waals surface area contributed by atoms with Gasteiger partial charge < -0.3 is 9.84 Å². The van der Waals surface area contributed by atoms with E-state index in [0.29, 0.717) is 41.7 Å². The minimum atomic E-state index is -4.69. The van der Waals surface area contributed by atoms with E-state index in [1.165, 1.54) is 135 Å². The molecule has 8 aromatic carbocycles. The zero-order valence-corrected chi connectivity index (χ0v) is 64.7. The number of benzene rings is 8. The van der Waals surface area contributed by atoms with Crippen molar-refractivity contribution in [3.63, 3.8) is 0 Å². The maximum atomic E-state index is 13.2. The summed E-state index contributed by atoms with van der Waals surface area (Å²) in [7, 11) is -15.0. The largest absolute Gasteiger partial charge is 0.506 e. The molecule has 0 saturated carbocycles. The molecule has 39 heteroatoms. The van der Waals surface area contributed by atoms with Gasteiger partial charge in [0.2, 0.25) is 0 Å². The maximum Gasteiger partial charge on any atom is 0.418 e. The molecule has 4 aromatic heterocycles. The number of para-hydroxylation sites is 5. The van der Waals surface area contributed by atoms with Gasteiger partial charge in [-0.25, -0.2) is 52.4 Å². The third kappa shape index (κ3) is 24.0. The van der Waals surface area contributed by atoms with Gasteiger partial charge in [0.1, 0.15) is 5.75 Å². The number of aromatic nitrogens is 12. The Bertz CT molecular complexity index is 5670. The molecule has 4 heterocycles. The molecule has 0 saturated heterocycles. The zero-order chi connectivity index (χ0) is 82.7. The fourth-order valence-electron chi connectivity index (χ4n) is 10.5. The number of alkyl halides is 9. The number of methoxy groups -OCH3 is 1. The van der Waals surface area contributed by atoms with Crippen molar-refractivity contribution < 1.29 is 83.0 Å². The summed E-state index contributed by atoms with van der Waals surface area (Å²) in [6.07, 6.45) is 0.917. The summed E-state index contributed by atoms with van der Waals surface area (Å²) >= 11 is 0. The molecule has 0 aliphatic carbocycles. The Morgan fingerprint density at radius 3 is 1.02 bits per heavy atom. The van der Waals surface area contributed by atoms with Crippen molar-refractivity contribution in [2.75, 3.05) is 32.6 Å². The number of nitrogens with one attached hydrogen (secondary N) is 4. The number of anilines is 4. The van der Waals surface area contributed by atoms with Gasteiger partial charge in [-0.3, -0.25) is 18.9 Å².